The Balaban J connectivity index is 2.32. The molecule has 2 aromatic rings. The summed E-state index contributed by atoms with van der Waals surface area (Å²) in [5.41, 5.74) is 1.81. The number of para-hydroxylation sites is 1. The second-order valence-electron chi connectivity index (χ2n) is 3.88. The molecule has 1 aromatic carbocycles. The Labute approximate surface area is 110 Å². The molecule has 0 fully saturated rings. The van der Waals surface area contributed by atoms with Crippen LogP contribution in [0, 0.1) is 6.92 Å². The third-order valence-electron chi connectivity index (χ3n) is 2.65. The Bertz CT molecular complexity index is 551. The number of hydrogen-bond acceptors (Lipinski definition) is 4. The maximum atomic E-state index is 11.6. The van der Waals surface area contributed by atoms with Gasteiger partial charge >= 0.3 is 0 Å². The van der Waals surface area contributed by atoms with Gasteiger partial charge < -0.3 is 10.2 Å². The van der Waals surface area contributed by atoms with Crippen LogP contribution in [0.15, 0.2) is 30.3 Å². The van der Waals surface area contributed by atoms with Crippen LogP contribution in [-0.4, -0.2) is 25.0 Å². The Kier molecular flexibility index (Phi) is 3.62. The molecule has 0 radical (unpaired) electrons. The molecule has 0 aliphatic carbocycles. The van der Waals surface area contributed by atoms with Crippen molar-refractivity contribution in [1.82, 2.24) is 10.3 Å². The molecule has 0 aliphatic rings. The normalized spacial score (nSPS) is 10.2. The van der Waals surface area contributed by atoms with Gasteiger partial charge in [-0.05, 0) is 19.1 Å². The van der Waals surface area contributed by atoms with E-state index in [1.54, 1.807) is 7.05 Å². The van der Waals surface area contributed by atoms with E-state index >= 15 is 0 Å². The summed E-state index contributed by atoms with van der Waals surface area (Å²) in [5.74, 6) is -0.0855. The number of nitrogens with one attached hydrogen (secondary N) is 1. The first kappa shape index (κ1) is 12.6. The summed E-state index contributed by atoms with van der Waals surface area (Å²) in [4.78, 5) is 18.7. The fourth-order valence-corrected chi connectivity index (χ4v) is 2.61. The monoisotopic (exact) mass is 261 g/mol. The molecule has 1 aromatic heterocycles. The maximum absolute atomic E-state index is 11.6. The number of benzene rings is 1. The van der Waals surface area contributed by atoms with E-state index in [1.807, 2.05) is 49.2 Å². The third kappa shape index (κ3) is 2.36. The van der Waals surface area contributed by atoms with Crippen LogP contribution in [-0.2, 0) is 0 Å². The SMILES string of the molecule is CNC(=O)c1sc(N(C)c2ccccc2)nc1C. The lowest BCUT2D eigenvalue weighted by atomic mass is 10.3. The maximum Gasteiger partial charge on any atom is 0.263 e. The lowest BCUT2D eigenvalue weighted by Gasteiger charge is -2.15. The highest BCUT2D eigenvalue weighted by molar-refractivity contribution is 7.17. The van der Waals surface area contributed by atoms with Crippen molar-refractivity contribution in [3.8, 4) is 0 Å². The van der Waals surface area contributed by atoms with E-state index in [0.717, 1.165) is 16.5 Å². The molecule has 4 nitrogen and oxygen atoms in total. The number of thiazole rings is 1. The highest BCUT2D eigenvalue weighted by Gasteiger charge is 2.16. The molecule has 0 saturated carbocycles. The van der Waals surface area contributed by atoms with Gasteiger partial charge in [-0.1, -0.05) is 29.5 Å². The number of aryl methyl sites for hydroxylation is 1. The average molecular weight is 261 g/mol. The van der Waals surface area contributed by atoms with Gasteiger partial charge in [-0.2, -0.15) is 0 Å². The molecule has 0 saturated heterocycles. The summed E-state index contributed by atoms with van der Waals surface area (Å²) >= 11 is 1.40. The molecule has 5 heteroatoms. The van der Waals surface area contributed by atoms with E-state index in [0.29, 0.717) is 4.88 Å². The highest BCUT2D eigenvalue weighted by atomic mass is 32.1. The Morgan fingerprint density at radius 2 is 2.00 bits per heavy atom. The van der Waals surface area contributed by atoms with Gasteiger partial charge in [0.2, 0.25) is 0 Å². The number of hydrogen-bond donors (Lipinski definition) is 1. The second-order valence-corrected chi connectivity index (χ2v) is 4.86. The van der Waals surface area contributed by atoms with Crippen LogP contribution >= 0.6 is 11.3 Å². The zero-order valence-corrected chi connectivity index (χ0v) is 11.4. The van der Waals surface area contributed by atoms with Crippen LogP contribution in [0.1, 0.15) is 15.4 Å². The number of aromatic nitrogens is 1. The number of anilines is 2. The van der Waals surface area contributed by atoms with Gasteiger partial charge in [-0.15, -0.1) is 0 Å². The van der Waals surface area contributed by atoms with E-state index in [2.05, 4.69) is 10.3 Å². The Hall–Kier alpha value is -1.88. The number of carbonyl (C=O) groups is 1. The summed E-state index contributed by atoms with van der Waals surface area (Å²) < 4.78 is 0. The average Bonchev–Trinajstić information content (AvgIpc) is 2.80. The van der Waals surface area contributed by atoms with E-state index < -0.39 is 0 Å². The third-order valence-corrected chi connectivity index (χ3v) is 3.88. The standard InChI is InChI=1S/C13H15N3OS/c1-9-11(12(17)14-2)18-13(15-9)16(3)10-7-5-4-6-8-10/h4-8H,1-3H3,(H,14,17). The highest BCUT2D eigenvalue weighted by Crippen LogP contribution is 2.29. The lowest BCUT2D eigenvalue weighted by molar-refractivity contribution is 0.0966. The fourth-order valence-electron chi connectivity index (χ4n) is 1.61. The van der Waals surface area contributed by atoms with Crippen LogP contribution in [0.5, 0.6) is 0 Å². The zero-order chi connectivity index (χ0) is 13.1. The van der Waals surface area contributed by atoms with Crippen molar-refractivity contribution < 1.29 is 4.79 Å². The molecule has 0 spiro atoms. The molecule has 1 heterocycles. The first-order chi connectivity index (χ1) is 8.63. The van der Waals surface area contributed by atoms with Gasteiger partial charge in [-0.25, -0.2) is 4.98 Å². The molecular weight excluding hydrogens is 246 g/mol. The van der Waals surface area contributed by atoms with E-state index in [4.69, 9.17) is 0 Å². The zero-order valence-electron chi connectivity index (χ0n) is 10.6. The largest absolute Gasteiger partial charge is 0.354 e. The number of amides is 1. The minimum absolute atomic E-state index is 0.0855. The number of nitrogens with zero attached hydrogens (tertiary/aromatic N) is 2. The van der Waals surface area contributed by atoms with Gasteiger partial charge in [0.15, 0.2) is 5.13 Å². The van der Waals surface area contributed by atoms with Crippen molar-refractivity contribution in [3.05, 3.63) is 40.9 Å². The molecule has 2 rings (SSSR count). The number of carbonyl (C=O) groups excluding carboxylic acids is 1. The summed E-state index contributed by atoms with van der Waals surface area (Å²) in [5, 5.41) is 3.44. The van der Waals surface area contributed by atoms with Crippen molar-refractivity contribution in [3.63, 3.8) is 0 Å². The molecule has 1 amide bonds. The minimum atomic E-state index is -0.0855. The molecule has 18 heavy (non-hydrogen) atoms. The first-order valence-electron chi connectivity index (χ1n) is 5.61. The van der Waals surface area contributed by atoms with Crippen LogP contribution in [0.25, 0.3) is 0 Å². The number of rotatable bonds is 3. The summed E-state index contributed by atoms with van der Waals surface area (Å²) in [6.07, 6.45) is 0. The van der Waals surface area contributed by atoms with Crippen molar-refractivity contribution in [2.45, 2.75) is 6.92 Å². The molecule has 0 bridgehead atoms. The summed E-state index contributed by atoms with van der Waals surface area (Å²) in [6.45, 7) is 1.85. The molecule has 94 valence electrons. The Morgan fingerprint density at radius 1 is 1.33 bits per heavy atom. The van der Waals surface area contributed by atoms with Gasteiger partial charge in [0.05, 0.1) is 5.69 Å². The first-order valence-corrected chi connectivity index (χ1v) is 6.43. The smallest absolute Gasteiger partial charge is 0.263 e. The fraction of sp³-hybridized carbons (Fsp3) is 0.231. The predicted molar refractivity (Wildman–Crippen MR) is 74.7 cm³/mol. The summed E-state index contributed by atoms with van der Waals surface area (Å²) in [7, 11) is 3.57. The van der Waals surface area contributed by atoms with Crippen molar-refractivity contribution in [2.24, 2.45) is 0 Å². The topological polar surface area (TPSA) is 45.2 Å². The van der Waals surface area contributed by atoms with Crippen LogP contribution in [0.4, 0.5) is 10.8 Å². The van der Waals surface area contributed by atoms with Crippen LogP contribution in [0.2, 0.25) is 0 Å². The minimum Gasteiger partial charge on any atom is -0.354 e. The molecular formula is C13H15N3OS. The van der Waals surface area contributed by atoms with Crippen molar-refractivity contribution >= 4 is 28.1 Å². The second kappa shape index (κ2) is 5.18. The van der Waals surface area contributed by atoms with Gasteiger partial charge in [-0.3, -0.25) is 4.79 Å². The predicted octanol–water partition coefficient (Wildman–Crippen LogP) is 2.58. The van der Waals surface area contributed by atoms with Gasteiger partial charge in [0.25, 0.3) is 5.91 Å². The van der Waals surface area contributed by atoms with Gasteiger partial charge in [0, 0.05) is 19.8 Å². The van der Waals surface area contributed by atoms with Gasteiger partial charge in [0.1, 0.15) is 4.88 Å². The van der Waals surface area contributed by atoms with E-state index in [-0.39, 0.29) is 5.91 Å². The molecule has 0 aliphatic heterocycles. The van der Waals surface area contributed by atoms with Crippen LogP contribution in [0.3, 0.4) is 0 Å². The van der Waals surface area contributed by atoms with E-state index in [1.165, 1.54) is 11.3 Å². The quantitative estimate of drug-likeness (QED) is 0.923. The summed E-state index contributed by atoms with van der Waals surface area (Å²) in [6, 6.07) is 9.95. The van der Waals surface area contributed by atoms with Crippen molar-refractivity contribution in [1.29, 1.82) is 0 Å². The van der Waals surface area contributed by atoms with Crippen LogP contribution < -0.4 is 10.2 Å². The Morgan fingerprint density at radius 3 is 2.61 bits per heavy atom. The van der Waals surface area contributed by atoms with E-state index in [9.17, 15) is 4.79 Å². The molecule has 0 unspecified atom stereocenters. The lowest BCUT2D eigenvalue weighted by Crippen LogP contribution is -2.17. The molecule has 0 atom stereocenters. The van der Waals surface area contributed by atoms with Crippen molar-refractivity contribution in [2.75, 3.05) is 19.0 Å². The molecule has 1 N–H and O–H groups in total.